The van der Waals surface area contributed by atoms with Crippen LogP contribution in [0.5, 0.6) is 28.7 Å². The summed E-state index contributed by atoms with van der Waals surface area (Å²) in [7, 11) is 0. The molecule has 33 heavy (non-hydrogen) atoms. The van der Waals surface area contributed by atoms with Crippen LogP contribution in [0.3, 0.4) is 0 Å². The van der Waals surface area contributed by atoms with E-state index in [1.165, 1.54) is 23.8 Å². The summed E-state index contributed by atoms with van der Waals surface area (Å²) in [6.45, 7) is 2.12. The van der Waals surface area contributed by atoms with Crippen LogP contribution in [0.25, 0.3) is 21.5 Å². The molecule has 2 aliphatic heterocycles. The molecule has 1 spiro atoms. The average molecular weight is 443 g/mol. The standard InChI is InChI=1S/C25H21N3O5/c29-15-6-7-16(30)19-18(15)23(32)20-17(31)10-14-22(21(20)24(19)33)27-25(26-14)8-9-28(12-25)11-13-4-2-1-3-5-13/h1-7,10,29-33H,8-9,11-12H2. The SMILES string of the molecule is Oc1ccc(O)c2c(O)c3c4c(cc(O)c3c(O)c12)=NC1(CCN(Cc2ccccc2)C1)N=4. The smallest absolute Gasteiger partial charge is 0.165 e. The third-order valence-corrected chi connectivity index (χ3v) is 6.57. The summed E-state index contributed by atoms with van der Waals surface area (Å²) in [5, 5.41) is 53.9. The van der Waals surface area contributed by atoms with Crippen molar-refractivity contribution in [3.63, 3.8) is 0 Å². The van der Waals surface area contributed by atoms with Gasteiger partial charge in [-0.05, 0) is 17.7 Å². The molecule has 0 amide bonds. The first-order chi connectivity index (χ1) is 15.9. The van der Waals surface area contributed by atoms with Crippen LogP contribution in [-0.4, -0.2) is 49.2 Å². The van der Waals surface area contributed by atoms with Gasteiger partial charge >= 0.3 is 0 Å². The summed E-state index contributed by atoms with van der Waals surface area (Å²) >= 11 is 0. The van der Waals surface area contributed by atoms with E-state index < -0.39 is 11.4 Å². The van der Waals surface area contributed by atoms with Gasteiger partial charge < -0.3 is 25.5 Å². The van der Waals surface area contributed by atoms with Crippen molar-refractivity contribution in [2.75, 3.05) is 13.1 Å². The van der Waals surface area contributed by atoms with Crippen molar-refractivity contribution in [2.45, 2.75) is 18.6 Å². The summed E-state index contributed by atoms with van der Waals surface area (Å²) in [5.74, 6) is -1.76. The molecule has 166 valence electrons. The van der Waals surface area contributed by atoms with Gasteiger partial charge in [0.05, 0.1) is 32.3 Å². The lowest BCUT2D eigenvalue weighted by Crippen LogP contribution is -2.29. The molecule has 1 atom stereocenters. The third-order valence-electron chi connectivity index (χ3n) is 6.57. The van der Waals surface area contributed by atoms with Gasteiger partial charge in [-0.25, -0.2) is 0 Å². The Morgan fingerprint density at radius 1 is 0.758 bits per heavy atom. The van der Waals surface area contributed by atoms with E-state index in [2.05, 4.69) is 17.0 Å². The first-order valence-electron chi connectivity index (χ1n) is 10.7. The van der Waals surface area contributed by atoms with Crippen molar-refractivity contribution < 1.29 is 25.5 Å². The van der Waals surface area contributed by atoms with Crippen molar-refractivity contribution in [3.8, 4) is 28.7 Å². The molecule has 6 rings (SSSR count). The van der Waals surface area contributed by atoms with E-state index in [-0.39, 0.29) is 44.5 Å². The molecule has 2 heterocycles. The molecule has 0 aromatic heterocycles. The summed E-state index contributed by atoms with van der Waals surface area (Å²) < 4.78 is 0. The molecule has 8 nitrogen and oxygen atoms in total. The maximum atomic E-state index is 11.1. The van der Waals surface area contributed by atoms with Crippen LogP contribution in [0.15, 0.2) is 58.5 Å². The summed E-state index contributed by atoms with van der Waals surface area (Å²) in [6.07, 6.45) is 0.670. The van der Waals surface area contributed by atoms with Crippen LogP contribution in [0.2, 0.25) is 0 Å². The topological polar surface area (TPSA) is 129 Å². The fourth-order valence-electron chi connectivity index (χ4n) is 5.09. The summed E-state index contributed by atoms with van der Waals surface area (Å²) in [6, 6.07) is 14.0. The van der Waals surface area contributed by atoms with Crippen LogP contribution < -0.4 is 10.7 Å². The van der Waals surface area contributed by atoms with Crippen LogP contribution in [0.4, 0.5) is 0 Å². The number of benzene rings is 4. The fourth-order valence-corrected chi connectivity index (χ4v) is 5.09. The number of nitrogens with zero attached hydrogens (tertiary/aromatic N) is 3. The van der Waals surface area contributed by atoms with E-state index in [1.54, 1.807) is 0 Å². The van der Waals surface area contributed by atoms with Crippen molar-refractivity contribution in [2.24, 2.45) is 9.98 Å². The molecular weight excluding hydrogens is 422 g/mol. The highest BCUT2D eigenvalue weighted by molar-refractivity contribution is 6.16. The monoisotopic (exact) mass is 443 g/mol. The lowest BCUT2D eigenvalue weighted by molar-refractivity contribution is 0.306. The minimum Gasteiger partial charge on any atom is -0.507 e. The molecule has 1 fully saturated rings. The second-order valence-electron chi connectivity index (χ2n) is 8.72. The normalized spacial score (nSPS) is 19.8. The Morgan fingerprint density at radius 3 is 2.09 bits per heavy atom. The van der Waals surface area contributed by atoms with Crippen molar-refractivity contribution in [3.05, 3.63) is 64.8 Å². The zero-order chi connectivity index (χ0) is 22.9. The number of aromatic hydroxyl groups is 5. The number of likely N-dealkylation sites (tertiary alicyclic amines) is 1. The van der Waals surface area contributed by atoms with E-state index in [0.29, 0.717) is 23.7 Å². The molecule has 0 bridgehead atoms. The van der Waals surface area contributed by atoms with Gasteiger partial charge in [0.15, 0.2) is 5.66 Å². The molecule has 0 radical (unpaired) electrons. The van der Waals surface area contributed by atoms with Gasteiger partial charge in [0.25, 0.3) is 0 Å². The molecule has 1 saturated heterocycles. The molecule has 8 heteroatoms. The second kappa shape index (κ2) is 6.73. The third kappa shape index (κ3) is 2.81. The van der Waals surface area contributed by atoms with Crippen molar-refractivity contribution in [1.29, 1.82) is 0 Å². The summed E-state index contributed by atoms with van der Waals surface area (Å²) in [5.41, 5.74) is 0.438. The van der Waals surface area contributed by atoms with Gasteiger partial charge in [0.1, 0.15) is 28.7 Å². The summed E-state index contributed by atoms with van der Waals surface area (Å²) in [4.78, 5) is 11.9. The van der Waals surface area contributed by atoms with E-state index in [0.717, 1.165) is 13.1 Å². The molecule has 1 unspecified atom stereocenters. The van der Waals surface area contributed by atoms with Crippen LogP contribution >= 0.6 is 0 Å². The number of hydrogen-bond acceptors (Lipinski definition) is 8. The van der Waals surface area contributed by atoms with Crippen molar-refractivity contribution in [1.82, 2.24) is 4.90 Å². The van der Waals surface area contributed by atoms with E-state index in [4.69, 9.17) is 9.98 Å². The maximum Gasteiger partial charge on any atom is 0.165 e. The highest BCUT2D eigenvalue weighted by Gasteiger charge is 2.40. The Kier molecular flexibility index (Phi) is 4.00. The number of rotatable bonds is 2. The van der Waals surface area contributed by atoms with E-state index >= 15 is 0 Å². The largest absolute Gasteiger partial charge is 0.507 e. The number of fused-ring (bicyclic) bond motifs is 4. The van der Waals surface area contributed by atoms with Crippen LogP contribution in [-0.2, 0) is 6.54 Å². The molecular formula is C25H21N3O5. The molecule has 5 N–H and O–H groups in total. The zero-order valence-electron chi connectivity index (χ0n) is 17.5. The Morgan fingerprint density at radius 2 is 1.39 bits per heavy atom. The molecule has 2 aliphatic rings. The minimum atomic E-state index is -0.754. The molecule has 0 saturated carbocycles. The van der Waals surface area contributed by atoms with Gasteiger partial charge in [-0.15, -0.1) is 0 Å². The highest BCUT2D eigenvalue weighted by Crippen LogP contribution is 2.49. The quantitative estimate of drug-likeness (QED) is 0.239. The van der Waals surface area contributed by atoms with E-state index in [9.17, 15) is 25.5 Å². The predicted molar refractivity (Wildman–Crippen MR) is 121 cm³/mol. The lowest BCUT2D eigenvalue weighted by atomic mass is 9.98. The van der Waals surface area contributed by atoms with Gasteiger partial charge in [-0.3, -0.25) is 14.9 Å². The Balaban J connectivity index is 1.55. The van der Waals surface area contributed by atoms with Gasteiger partial charge in [0.2, 0.25) is 0 Å². The van der Waals surface area contributed by atoms with Gasteiger partial charge in [0, 0.05) is 32.1 Å². The molecule has 0 aliphatic carbocycles. The average Bonchev–Trinajstić information content (AvgIpc) is 3.35. The first kappa shape index (κ1) is 19.6. The minimum absolute atomic E-state index is 0.0465. The Hall–Kier alpha value is -4.04. The number of hydrogen-bond donors (Lipinski definition) is 5. The Labute approximate surface area is 187 Å². The van der Waals surface area contributed by atoms with Gasteiger partial charge in [-0.2, -0.15) is 0 Å². The van der Waals surface area contributed by atoms with Crippen LogP contribution in [0.1, 0.15) is 12.0 Å². The highest BCUT2D eigenvalue weighted by atomic mass is 16.3. The second-order valence-corrected chi connectivity index (χ2v) is 8.72. The predicted octanol–water partition coefficient (Wildman–Crippen LogP) is 2.38. The number of phenolic OH excluding ortho intramolecular Hbond substituents is 5. The van der Waals surface area contributed by atoms with Crippen LogP contribution in [0, 0.1) is 0 Å². The van der Waals surface area contributed by atoms with Gasteiger partial charge in [-0.1, -0.05) is 30.3 Å². The maximum absolute atomic E-state index is 11.1. The zero-order valence-corrected chi connectivity index (χ0v) is 17.5. The fraction of sp³-hybridized carbons (Fsp3) is 0.200. The van der Waals surface area contributed by atoms with E-state index in [1.807, 2.05) is 18.2 Å². The first-order valence-corrected chi connectivity index (χ1v) is 10.7. The molecule has 4 aromatic rings. The number of phenols is 5. The van der Waals surface area contributed by atoms with Crippen molar-refractivity contribution >= 4 is 21.5 Å². The lowest BCUT2D eigenvalue weighted by Gasteiger charge is -2.19. The molecule has 4 aromatic carbocycles. The Bertz CT molecular complexity index is 1590.